The Morgan fingerprint density at radius 1 is 1.25 bits per heavy atom. The van der Waals surface area contributed by atoms with E-state index < -0.39 is 0 Å². The van der Waals surface area contributed by atoms with Crippen molar-refractivity contribution in [1.82, 2.24) is 15.3 Å². The van der Waals surface area contributed by atoms with Crippen molar-refractivity contribution < 1.29 is 4.79 Å². The molecule has 2 heterocycles. The van der Waals surface area contributed by atoms with Crippen LogP contribution in [0.2, 0.25) is 5.02 Å². The number of fused-ring (bicyclic) bond motifs is 3. The van der Waals surface area contributed by atoms with Crippen molar-refractivity contribution in [3.63, 3.8) is 0 Å². The lowest BCUT2D eigenvalue weighted by molar-refractivity contribution is -0.121. The summed E-state index contributed by atoms with van der Waals surface area (Å²) >= 11 is 7.55. The van der Waals surface area contributed by atoms with Crippen molar-refractivity contribution in [2.24, 2.45) is 11.3 Å². The number of hydrogen-bond donors (Lipinski definition) is 2. The van der Waals surface area contributed by atoms with Gasteiger partial charge in [0.15, 0.2) is 0 Å². The number of thiophene rings is 1. The molecular formula is C25H30ClN3O2S. The Labute approximate surface area is 197 Å². The lowest BCUT2D eigenvalue weighted by Crippen LogP contribution is -2.27. The number of benzene rings is 1. The van der Waals surface area contributed by atoms with E-state index in [0.717, 1.165) is 41.5 Å². The molecule has 1 aliphatic rings. The summed E-state index contributed by atoms with van der Waals surface area (Å²) in [6.45, 7) is 7.44. The smallest absolute Gasteiger partial charge is 0.259 e. The highest BCUT2D eigenvalue weighted by molar-refractivity contribution is 7.18. The summed E-state index contributed by atoms with van der Waals surface area (Å²) < 4.78 is 0. The Hall–Kier alpha value is -2.18. The summed E-state index contributed by atoms with van der Waals surface area (Å²) in [4.78, 5) is 34.8. The standard InChI is InChI=1S/C25H30ClN3O2S/c1-25(2,3)16-6-9-18-19(14-16)32-24-22(18)23(31)28-20(29-24)10-11-21(30)27-13-12-15-4-7-17(26)8-5-15/h4-5,7-8,16H,6,9-14H2,1-3H3,(H,27,30)(H,28,29,31)/t16-/m1/s1. The van der Waals surface area contributed by atoms with Crippen molar-refractivity contribution in [2.75, 3.05) is 6.54 Å². The van der Waals surface area contributed by atoms with E-state index in [1.54, 1.807) is 11.3 Å². The number of H-pyrrole nitrogens is 1. The van der Waals surface area contributed by atoms with Gasteiger partial charge in [0.05, 0.1) is 5.39 Å². The number of nitrogens with one attached hydrogen (secondary N) is 2. The summed E-state index contributed by atoms with van der Waals surface area (Å²) in [5.74, 6) is 1.17. The average Bonchev–Trinajstić information content (AvgIpc) is 3.11. The number of amides is 1. The van der Waals surface area contributed by atoms with Gasteiger partial charge in [-0.15, -0.1) is 11.3 Å². The molecule has 0 radical (unpaired) electrons. The van der Waals surface area contributed by atoms with Gasteiger partial charge >= 0.3 is 0 Å². The molecule has 0 unspecified atom stereocenters. The van der Waals surface area contributed by atoms with E-state index in [2.05, 4.69) is 31.1 Å². The number of carbonyl (C=O) groups is 1. The van der Waals surface area contributed by atoms with Crippen LogP contribution < -0.4 is 10.9 Å². The van der Waals surface area contributed by atoms with Gasteiger partial charge in [-0.2, -0.15) is 0 Å². The minimum absolute atomic E-state index is 0.0415. The van der Waals surface area contributed by atoms with Gasteiger partial charge in [0.1, 0.15) is 10.7 Å². The van der Waals surface area contributed by atoms with Crippen LogP contribution in [-0.2, 0) is 30.5 Å². The molecule has 1 atom stereocenters. The molecule has 170 valence electrons. The fourth-order valence-corrected chi connectivity index (χ4v) is 5.85. The van der Waals surface area contributed by atoms with Crippen LogP contribution in [-0.4, -0.2) is 22.4 Å². The molecule has 3 aromatic rings. The number of carbonyl (C=O) groups excluding carboxylic acids is 1. The molecule has 7 heteroatoms. The molecule has 4 rings (SSSR count). The highest BCUT2D eigenvalue weighted by Gasteiger charge is 2.31. The lowest BCUT2D eigenvalue weighted by Gasteiger charge is -2.33. The normalized spacial score (nSPS) is 16.2. The second-order valence-corrected chi connectivity index (χ2v) is 11.2. The maximum Gasteiger partial charge on any atom is 0.259 e. The minimum Gasteiger partial charge on any atom is -0.356 e. The summed E-state index contributed by atoms with van der Waals surface area (Å²) in [5.41, 5.74) is 2.51. The third-order valence-corrected chi connectivity index (χ3v) is 7.83. The van der Waals surface area contributed by atoms with E-state index in [4.69, 9.17) is 16.6 Å². The highest BCUT2D eigenvalue weighted by Crippen LogP contribution is 2.41. The predicted molar refractivity (Wildman–Crippen MR) is 132 cm³/mol. The van der Waals surface area contributed by atoms with Gasteiger partial charge in [-0.3, -0.25) is 9.59 Å². The molecule has 1 amide bonds. The molecule has 2 N–H and O–H groups in total. The molecule has 0 bridgehead atoms. The first kappa shape index (κ1) is 23.0. The van der Waals surface area contributed by atoms with Crippen molar-refractivity contribution >= 4 is 39.1 Å². The van der Waals surface area contributed by atoms with Crippen molar-refractivity contribution in [2.45, 2.75) is 59.3 Å². The van der Waals surface area contributed by atoms with Crippen LogP contribution >= 0.6 is 22.9 Å². The predicted octanol–water partition coefficient (Wildman–Crippen LogP) is 5.08. The Balaban J connectivity index is 1.37. The van der Waals surface area contributed by atoms with Gasteiger partial charge in [-0.05, 0) is 60.3 Å². The van der Waals surface area contributed by atoms with Gasteiger partial charge in [0, 0.05) is 29.3 Å². The first-order chi connectivity index (χ1) is 15.2. The maximum absolute atomic E-state index is 12.8. The number of halogens is 1. The van der Waals surface area contributed by atoms with E-state index >= 15 is 0 Å². The quantitative estimate of drug-likeness (QED) is 0.526. The zero-order chi connectivity index (χ0) is 22.9. The van der Waals surface area contributed by atoms with Crippen molar-refractivity contribution in [1.29, 1.82) is 0 Å². The van der Waals surface area contributed by atoms with E-state index in [1.165, 1.54) is 10.4 Å². The summed E-state index contributed by atoms with van der Waals surface area (Å²) in [5, 5.41) is 4.40. The molecule has 2 aromatic heterocycles. The van der Waals surface area contributed by atoms with Crippen LogP contribution in [0.3, 0.4) is 0 Å². The fourth-order valence-electron chi connectivity index (χ4n) is 4.40. The molecule has 0 fully saturated rings. The Kier molecular flexibility index (Phi) is 6.72. The second-order valence-electron chi connectivity index (χ2n) is 9.73. The van der Waals surface area contributed by atoms with Gasteiger partial charge in [-0.25, -0.2) is 4.98 Å². The van der Waals surface area contributed by atoms with Gasteiger partial charge in [-0.1, -0.05) is 44.5 Å². The number of aromatic amines is 1. The highest BCUT2D eigenvalue weighted by atomic mass is 35.5. The Morgan fingerprint density at radius 3 is 2.72 bits per heavy atom. The molecule has 32 heavy (non-hydrogen) atoms. The zero-order valence-electron chi connectivity index (χ0n) is 18.9. The van der Waals surface area contributed by atoms with Crippen LogP contribution in [0.15, 0.2) is 29.1 Å². The fraction of sp³-hybridized carbons (Fsp3) is 0.480. The molecule has 5 nitrogen and oxygen atoms in total. The molecule has 1 aromatic carbocycles. The van der Waals surface area contributed by atoms with Crippen molar-refractivity contribution in [3.05, 3.63) is 61.5 Å². The Bertz CT molecular complexity index is 1170. The number of rotatable bonds is 6. The number of aromatic nitrogens is 2. The summed E-state index contributed by atoms with van der Waals surface area (Å²) in [7, 11) is 0. The zero-order valence-corrected chi connectivity index (χ0v) is 20.5. The number of nitrogens with zero attached hydrogens (tertiary/aromatic N) is 1. The number of hydrogen-bond acceptors (Lipinski definition) is 4. The topological polar surface area (TPSA) is 74.8 Å². The second kappa shape index (κ2) is 9.36. The molecule has 0 aliphatic heterocycles. The van der Waals surface area contributed by atoms with Crippen LogP contribution in [0.5, 0.6) is 0 Å². The third-order valence-electron chi connectivity index (χ3n) is 6.43. The van der Waals surface area contributed by atoms with Gasteiger partial charge in [0.2, 0.25) is 5.91 Å². The molecule has 1 aliphatic carbocycles. The van der Waals surface area contributed by atoms with E-state index in [-0.39, 0.29) is 16.9 Å². The minimum atomic E-state index is -0.0696. The SMILES string of the molecule is CC(C)(C)[C@@H]1CCc2c(sc3nc(CCC(=O)NCCc4ccc(Cl)cc4)[nH]c(=O)c23)C1. The van der Waals surface area contributed by atoms with Crippen LogP contribution in [0.1, 0.15) is 55.4 Å². The molecular weight excluding hydrogens is 442 g/mol. The monoisotopic (exact) mass is 471 g/mol. The van der Waals surface area contributed by atoms with E-state index in [0.29, 0.717) is 36.2 Å². The first-order valence-corrected chi connectivity index (χ1v) is 12.4. The van der Waals surface area contributed by atoms with Gasteiger partial charge in [0.25, 0.3) is 5.56 Å². The first-order valence-electron chi connectivity index (χ1n) is 11.3. The van der Waals surface area contributed by atoms with Crippen LogP contribution in [0, 0.1) is 11.3 Å². The van der Waals surface area contributed by atoms with Crippen molar-refractivity contribution in [3.8, 4) is 0 Å². The van der Waals surface area contributed by atoms with Crippen LogP contribution in [0.25, 0.3) is 10.2 Å². The summed E-state index contributed by atoms with van der Waals surface area (Å²) in [6, 6.07) is 7.62. The largest absolute Gasteiger partial charge is 0.356 e. The van der Waals surface area contributed by atoms with Gasteiger partial charge < -0.3 is 10.3 Å². The summed E-state index contributed by atoms with van der Waals surface area (Å²) in [6.07, 6.45) is 4.54. The number of aryl methyl sites for hydroxylation is 2. The average molecular weight is 472 g/mol. The molecule has 0 saturated carbocycles. The third kappa shape index (κ3) is 5.24. The molecule has 0 spiro atoms. The van der Waals surface area contributed by atoms with E-state index in [1.807, 2.05) is 24.3 Å². The van der Waals surface area contributed by atoms with E-state index in [9.17, 15) is 9.59 Å². The maximum atomic E-state index is 12.8. The van der Waals surface area contributed by atoms with Crippen LogP contribution in [0.4, 0.5) is 0 Å². The lowest BCUT2D eigenvalue weighted by atomic mass is 9.72. The Morgan fingerprint density at radius 2 is 2.00 bits per heavy atom. The molecule has 0 saturated heterocycles.